The molecule has 0 bridgehead atoms. The van der Waals surface area contributed by atoms with Crippen molar-refractivity contribution in [2.24, 2.45) is 7.05 Å². The van der Waals surface area contributed by atoms with Crippen LogP contribution in [0.3, 0.4) is 0 Å². The molecule has 0 aliphatic carbocycles. The maximum atomic E-state index is 12.2. The van der Waals surface area contributed by atoms with Crippen LogP contribution in [0.25, 0.3) is 0 Å². The highest BCUT2D eigenvalue weighted by molar-refractivity contribution is 7.98. The first-order valence-electron chi connectivity index (χ1n) is 6.41. The summed E-state index contributed by atoms with van der Waals surface area (Å²) in [6, 6.07) is 5.15. The first-order chi connectivity index (χ1) is 10.2. The normalized spacial score (nSPS) is 12.5. The zero-order valence-corrected chi connectivity index (χ0v) is 12.6. The van der Waals surface area contributed by atoms with Gasteiger partial charge in [0.1, 0.15) is 0 Å². The van der Waals surface area contributed by atoms with E-state index in [2.05, 4.69) is 10.3 Å². The van der Waals surface area contributed by atoms with Crippen LogP contribution in [-0.2, 0) is 13.6 Å². The van der Waals surface area contributed by atoms with E-state index in [1.54, 1.807) is 36.2 Å². The fourth-order valence-corrected chi connectivity index (χ4v) is 2.64. The molecule has 7 heteroatoms. The van der Waals surface area contributed by atoms with Gasteiger partial charge in [-0.1, -0.05) is 11.8 Å². The minimum absolute atomic E-state index is 0.153. The van der Waals surface area contributed by atoms with E-state index in [1.165, 1.54) is 0 Å². The molecule has 0 unspecified atom stereocenters. The van der Waals surface area contributed by atoms with Gasteiger partial charge < -0.3 is 19.4 Å². The van der Waals surface area contributed by atoms with Crippen LogP contribution in [0.15, 0.2) is 29.6 Å². The first-order valence-corrected chi connectivity index (χ1v) is 7.64. The summed E-state index contributed by atoms with van der Waals surface area (Å²) >= 11 is 1.57. The number of hydrogen-bond donors (Lipinski definition) is 1. The molecule has 3 rings (SSSR count). The summed E-state index contributed by atoms with van der Waals surface area (Å²) in [5.74, 6) is 1.12. The molecule has 2 heterocycles. The number of nitrogens with zero attached hydrogens (tertiary/aromatic N) is 2. The zero-order valence-electron chi connectivity index (χ0n) is 11.8. The molecule has 0 radical (unpaired) electrons. The van der Waals surface area contributed by atoms with Crippen molar-refractivity contribution in [1.82, 2.24) is 14.9 Å². The summed E-state index contributed by atoms with van der Waals surface area (Å²) in [6.07, 6.45) is 3.74. The number of imidazole rings is 1. The number of fused-ring (bicyclic) bond motifs is 1. The van der Waals surface area contributed by atoms with Crippen LogP contribution in [0.2, 0.25) is 0 Å². The molecule has 1 aromatic heterocycles. The van der Waals surface area contributed by atoms with Gasteiger partial charge in [0, 0.05) is 12.6 Å². The zero-order chi connectivity index (χ0) is 14.8. The van der Waals surface area contributed by atoms with Crippen molar-refractivity contribution in [2.45, 2.75) is 11.7 Å². The summed E-state index contributed by atoms with van der Waals surface area (Å²) in [4.78, 5) is 16.4. The second-order valence-corrected chi connectivity index (χ2v) is 5.32. The molecule has 1 N–H and O–H groups in total. The summed E-state index contributed by atoms with van der Waals surface area (Å²) in [5.41, 5.74) is 1.50. The molecule has 0 atom stereocenters. The lowest BCUT2D eigenvalue weighted by atomic mass is 10.2. The van der Waals surface area contributed by atoms with Gasteiger partial charge in [-0.2, -0.15) is 0 Å². The third-order valence-corrected chi connectivity index (χ3v) is 4.03. The lowest BCUT2D eigenvalue weighted by Gasteiger charge is -2.07. The molecule has 2 aromatic rings. The van der Waals surface area contributed by atoms with Crippen LogP contribution in [-0.4, -0.2) is 28.5 Å². The number of thioether (sulfide) groups is 1. The van der Waals surface area contributed by atoms with Crippen LogP contribution in [0, 0.1) is 0 Å². The highest BCUT2D eigenvalue weighted by Gasteiger charge is 2.16. The molecular formula is C14H15N3O3S. The van der Waals surface area contributed by atoms with Crippen molar-refractivity contribution in [2.75, 3.05) is 13.0 Å². The van der Waals surface area contributed by atoms with Gasteiger partial charge in [-0.3, -0.25) is 4.79 Å². The van der Waals surface area contributed by atoms with Gasteiger partial charge in [0.25, 0.3) is 5.91 Å². The van der Waals surface area contributed by atoms with Gasteiger partial charge in [-0.05, 0) is 24.5 Å². The lowest BCUT2D eigenvalue weighted by Crippen LogP contribution is -2.23. The Labute approximate surface area is 126 Å². The number of amides is 1. The molecule has 6 nitrogen and oxygen atoms in total. The topological polar surface area (TPSA) is 65.4 Å². The average Bonchev–Trinajstić information content (AvgIpc) is 3.10. The summed E-state index contributed by atoms with van der Waals surface area (Å²) in [7, 11) is 1.93. The van der Waals surface area contributed by atoms with Crippen molar-refractivity contribution in [3.8, 4) is 11.5 Å². The summed E-state index contributed by atoms with van der Waals surface area (Å²) in [6.45, 7) is 0.629. The Balaban J connectivity index is 1.67. The lowest BCUT2D eigenvalue weighted by molar-refractivity contribution is 0.0949. The molecule has 0 saturated carbocycles. The van der Waals surface area contributed by atoms with E-state index in [0.29, 0.717) is 23.6 Å². The smallest absolute Gasteiger partial charge is 0.251 e. The average molecular weight is 305 g/mol. The van der Waals surface area contributed by atoms with Crippen molar-refractivity contribution in [3.05, 3.63) is 35.7 Å². The van der Waals surface area contributed by atoms with E-state index in [0.717, 1.165) is 10.9 Å². The van der Waals surface area contributed by atoms with Crippen molar-refractivity contribution in [3.63, 3.8) is 0 Å². The number of hydrogen-bond acceptors (Lipinski definition) is 5. The van der Waals surface area contributed by atoms with E-state index in [4.69, 9.17) is 9.47 Å². The molecule has 1 aromatic carbocycles. The SMILES string of the molecule is CSc1ncc(CNC(=O)c2ccc3c(c2)OCO3)n1C. The second-order valence-electron chi connectivity index (χ2n) is 4.55. The van der Waals surface area contributed by atoms with Crippen LogP contribution in [0.1, 0.15) is 16.1 Å². The van der Waals surface area contributed by atoms with Gasteiger partial charge in [-0.15, -0.1) is 0 Å². The van der Waals surface area contributed by atoms with Gasteiger partial charge >= 0.3 is 0 Å². The van der Waals surface area contributed by atoms with E-state index in [9.17, 15) is 4.79 Å². The minimum Gasteiger partial charge on any atom is -0.454 e. The van der Waals surface area contributed by atoms with Crippen molar-refractivity contribution >= 4 is 17.7 Å². The van der Waals surface area contributed by atoms with E-state index < -0.39 is 0 Å². The van der Waals surface area contributed by atoms with Gasteiger partial charge in [0.05, 0.1) is 18.4 Å². The second kappa shape index (κ2) is 5.69. The third kappa shape index (κ3) is 2.69. The standard InChI is InChI=1S/C14H15N3O3S/c1-17-10(7-16-14(17)21-2)6-15-13(18)9-3-4-11-12(5-9)20-8-19-11/h3-5,7H,6,8H2,1-2H3,(H,15,18). The molecule has 0 fully saturated rings. The minimum atomic E-state index is -0.153. The van der Waals surface area contributed by atoms with Gasteiger partial charge in [0.2, 0.25) is 6.79 Å². The summed E-state index contributed by atoms with van der Waals surface area (Å²) in [5, 5.41) is 3.80. The highest BCUT2D eigenvalue weighted by Crippen LogP contribution is 2.32. The molecule has 0 saturated heterocycles. The fourth-order valence-electron chi connectivity index (χ4n) is 2.09. The number of aromatic nitrogens is 2. The third-order valence-electron chi connectivity index (χ3n) is 3.29. The molecule has 1 amide bonds. The first kappa shape index (κ1) is 13.8. The largest absolute Gasteiger partial charge is 0.454 e. The van der Waals surface area contributed by atoms with E-state index in [-0.39, 0.29) is 12.7 Å². The molecular weight excluding hydrogens is 290 g/mol. The van der Waals surface area contributed by atoms with Crippen molar-refractivity contribution < 1.29 is 14.3 Å². The Hall–Kier alpha value is -2.15. The Bertz CT molecular complexity index is 684. The highest BCUT2D eigenvalue weighted by atomic mass is 32.2. The number of carbonyl (C=O) groups is 1. The Morgan fingerprint density at radius 1 is 1.43 bits per heavy atom. The van der Waals surface area contributed by atoms with Crippen LogP contribution < -0.4 is 14.8 Å². The Kier molecular flexibility index (Phi) is 3.74. The number of ether oxygens (including phenoxy) is 2. The van der Waals surface area contributed by atoms with Gasteiger partial charge in [-0.25, -0.2) is 4.98 Å². The number of nitrogens with one attached hydrogen (secondary N) is 1. The van der Waals surface area contributed by atoms with Gasteiger partial charge in [0.15, 0.2) is 16.7 Å². The van der Waals surface area contributed by atoms with Crippen LogP contribution in [0.5, 0.6) is 11.5 Å². The molecule has 0 spiro atoms. The number of carbonyl (C=O) groups excluding carboxylic acids is 1. The Morgan fingerprint density at radius 2 is 2.24 bits per heavy atom. The molecule has 21 heavy (non-hydrogen) atoms. The maximum absolute atomic E-state index is 12.2. The molecule has 1 aliphatic heterocycles. The number of rotatable bonds is 4. The number of benzene rings is 1. The van der Waals surface area contributed by atoms with Crippen LogP contribution in [0.4, 0.5) is 0 Å². The predicted octanol–water partition coefficient (Wildman–Crippen LogP) is 1.80. The van der Waals surface area contributed by atoms with E-state index >= 15 is 0 Å². The monoisotopic (exact) mass is 305 g/mol. The van der Waals surface area contributed by atoms with Crippen molar-refractivity contribution in [1.29, 1.82) is 0 Å². The predicted molar refractivity (Wildman–Crippen MR) is 78.7 cm³/mol. The van der Waals surface area contributed by atoms with E-state index in [1.807, 2.05) is 17.9 Å². The summed E-state index contributed by atoms with van der Waals surface area (Å²) < 4.78 is 12.5. The quantitative estimate of drug-likeness (QED) is 0.873. The van der Waals surface area contributed by atoms with Crippen LogP contribution >= 0.6 is 11.8 Å². The molecule has 110 valence electrons. The fraction of sp³-hybridized carbons (Fsp3) is 0.286. The Morgan fingerprint density at radius 3 is 3.00 bits per heavy atom. The maximum Gasteiger partial charge on any atom is 0.251 e. The molecule has 1 aliphatic rings.